The molecule has 0 aromatic rings. The average Bonchev–Trinajstić information content (AvgIpc) is 3.09. The molecule has 2 heterocycles. The van der Waals surface area contributed by atoms with Crippen LogP contribution in [0.3, 0.4) is 0 Å². The molecule has 0 saturated carbocycles. The van der Waals surface area contributed by atoms with E-state index in [0.29, 0.717) is 6.42 Å². The van der Waals surface area contributed by atoms with E-state index in [9.17, 15) is 9.46 Å². The predicted octanol–water partition coefficient (Wildman–Crippen LogP) is 0.603. The molecule has 0 aromatic heterocycles. The molecular formula is C17H32B2NO8P. The molecule has 2 fully saturated rings. The van der Waals surface area contributed by atoms with Gasteiger partial charge in [-0.25, -0.2) is 4.57 Å². The molecule has 0 aromatic carbocycles. The number of phosphoric ester groups is 1. The van der Waals surface area contributed by atoms with Crippen LogP contribution in [-0.4, -0.2) is 88.5 Å². The number of hydrogen-bond acceptors (Lipinski definition) is 8. The van der Waals surface area contributed by atoms with Crippen molar-refractivity contribution in [2.24, 2.45) is 5.73 Å². The van der Waals surface area contributed by atoms with Crippen LogP contribution in [0.4, 0.5) is 0 Å². The van der Waals surface area contributed by atoms with Crippen LogP contribution in [0.25, 0.3) is 0 Å². The first-order valence-electron chi connectivity index (χ1n) is 9.93. The summed E-state index contributed by atoms with van der Waals surface area (Å²) in [6, 6.07) is -1.22. The number of phosphoric acid groups is 1. The Morgan fingerprint density at radius 1 is 1.21 bits per heavy atom. The van der Waals surface area contributed by atoms with Crippen LogP contribution >= 0.6 is 7.82 Å². The van der Waals surface area contributed by atoms with E-state index >= 15 is 0 Å². The standard InChI is InChI=1S/C17H32B2NO8P/c1-10(2)23-9-17(8-20)14(6-16(19)27-17)28-29(21,22)24-7-13-12(25-11(3)4)5-15(18)26-13/h10-16H,5-9,20H2,1-4H3,(H,21,22). The van der Waals surface area contributed by atoms with Crippen LogP contribution in [0.5, 0.6) is 0 Å². The highest BCUT2D eigenvalue weighted by molar-refractivity contribution is 7.47. The van der Waals surface area contributed by atoms with Gasteiger partial charge < -0.3 is 29.6 Å². The fraction of sp³-hybridized carbons (Fsp3) is 1.00. The first-order valence-corrected chi connectivity index (χ1v) is 11.4. The van der Waals surface area contributed by atoms with Crippen LogP contribution < -0.4 is 5.73 Å². The Balaban J connectivity index is 1.98. The first-order chi connectivity index (χ1) is 13.5. The minimum absolute atomic E-state index is 0.00296. The highest BCUT2D eigenvalue weighted by Gasteiger charge is 2.50. The van der Waals surface area contributed by atoms with Gasteiger partial charge in [0.1, 0.15) is 33.5 Å². The van der Waals surface area contributed by atoms with Crippen molar-refractivity contribution in [1.29, 1.82) is 0 Å². The second-order valence-electron chi connectivity index (χ2n) is 8.05. The third kappa shape index (κ3) is 7.30. The molecular weight excluding hydrogens is 399 g/mol. The van der Waals surface area contributed by atoms with E-state index in [0.717, 1.165) is 0 Å². The van der Waals surface area contributed by atoms with E-state index in [1.165, 1.54) is 0 Å². The Bertz CT molecular complexity index is 572. The molecule has 3 N–H and O–H groups in total. The van der Waals surface area contributed by atoms with Crippen molar-refractivity contribution in [2.45, 2.75) is 88.7 Å². The van der Waals surface area contributed by atoms with Crippen molar-refractivity contribution >= 4 is 23.5 Å². The van der Waals surface area contributed by atoms with Gasteiger partial charge >= 0.3 is 7.82 Å². The first kappa shape index (κ1) is 25.3. The predicted molar refractivity (Wildman–Crippen MR) is 108 cm³/mol. The van der Waals surface area contributed by atoms with Crippen molar-refractivity contribution in [3.63, 3.8) is 0 Å². The third-order valence-corrected chi connectivity index (χ3v) is 5.76. The Labute approximate surface area is 175 Å². The van der Waals surface area contributed by atoms with Gasteiger partial charge in [-0.05, 0) is 40.5 Å². The third-order valence-electron chi connectivity index (χ3n) is 4.76. The van der Waals surface area contributed by atoms with E-state index in [-0.39, 0.29) is 44.5 Å². The topological polar surface area (TPSA) is 119 Å². The number of rotatable bonds is 11. The highest BCUT2D eigenvalue weighted by atomic mass is 31.2. The van der Waals surface area contributed by atoms with E-state index in [2.05, 4.69) is 0 Å². The van der Waals surface area contributed by atoms with Crippen LogP contribution in [0.15, 0.2) is 0 Å². The Morgan fingerprint density at radius 3 is 2.48 bits per heavy atom. The van der Waals surface area contributed by atoms with Crippen LogP contribution in [-0.2, 0) is 32.6 Å². The minimum atomic E-state index is -4.46. The summed E-state index contributed by atoms with van der Waals surface area (Å²) in [5, 5.41) is 0. The maximum atomic E-state index is 12.6. The molecule has 0 aliphatic carbocycles. The molecule has 2 rings (SSSR count). The van der Waals surface area contributed by atoms with Crippen LogP contribution in [0.1, 0.15) is 40.5 Å². The lowest BCUT2D eigenvalue weighted by Crippen LogP contribution is -2.51. The van der Waals surface area contributed by atoms with Gasteiger partial charge in [0, 0.05) is 18.6 Å². The monoisotopic (exact) mass is 431 g/mol. The highest BCUT2D eigenvalue weighted by Crippen LogP contribution is 2.49. The van der Waals surface area contributed by atoms with Gasteiger partial charge in [-0.1, -0.05) is 0 Å². The summed E-state index contributed by atoms with van der Waals surface area (Å²) in [6.45, 7) is 7.35. The van der Waals surface area contributed by atoms with Gasteiger partial charge in [-0.2, -0.15) is 0 Å². The maximum absolute atomic E-state index is 12.6. The van der Waals surface area contributed by atoms with E-state index in [1.807, 2.05) is 27.7 Å². The zero-order chi connectivity index (χ0) is 21.8. The summed E-state index contributed by atoms with van der Waals surface area (Å²) in [7, 11) is 7.22. The number of ether oxygens (including phenoxy) is 4. The van der Waals surface area contributed by atoms with Gasteiger partial charge in [0.25, 0.3) is 0 Å². The Morgan fingerprint density at radius 2 is 1.90 bits per heavy atom. The second-order valence-corrected chi connectivity index (χ2v) is 9.46. The van der Waals surface area contributed by atoms with E-state index < -0.39 is 37.6 Å². The average molecular weight is 431 g/mol. The molecule has 2 aliphatic heterocycles. The van der Waals surface area contributed by atoms with E-state index in [4.69, 9.17) is 49.4 Å². The molecule has 12 heteroatoms. The largest absolute Gasteiger partial charge is 0.472 e. The summed E-state index contributed by atoms with van der Waals surface area (Å²) in [5.74, 6) is 0. The number of hydrogen-bond donors (Lipinski definition) is 2. The van der Waals surface area contributed by atoms with Crippen LogP contribution in [0, 0.1) is 0 Å². The van der Waals surface area contributed by atoms with E-state index in [1.54, 1.807) is 0 Å². The Kier molecular flexibility index (Phi) is 9.22. The zero-order valence-electron chi connectivity index (χ0n) is 17.6. The van der Waals surface area contributed by atoms with Crippen molar-refractivity contribution in [3.8, 4) is 0 Å². The zero-order valence-corrected chi connectivity index (χ0v) is 18.5. The lowest BCUT2D eigenvalue weighted by molar-refractivity contribution is -0.118. The molecule has 2 aliphatic rings. The molecule has 29 heavy (non-hydrogen) atoms. The molecule has 4 radical (unpaired) electrons. The van der Waals surface area contributed by atoms with Gasteiger partial charge in [0.15, 0.2) is 0 Å². The van der Waals surface area contributed by atoms with Gasteiger partial charge in [-0.3, -0.25) is 9.05 Å². The second kappa shape index (κ2) is 10.6. The normalized spacial score (nSPS) is 37.4. The molecule has 9 nitrogen and oxygen atoms in total. The molecule has 0 amide bonds. The lowest BCUT2D eigenvalue weighted by atomic mass is 9.92. The smallest absolute Gasteiger partial charge is 0.380 e. The SMILES string of the molecule is [B]C1CC(OC(C)C)C(COP(=O)(O)OC2CC([B])OC2(CN)COC(C)C)O1. The van der Waals surface area contributed by atoms with Crippen molar-refractivity contribution in [2.75, 3.05) is 19.8 Å². The molecule has 0 bridgehead atoms. The molecule has 2 saturated heterocycles. The maximum Gasteiger partial charge on any atom is 0.472 e. The summed E-state index contributed by atoms with van der Waals surface area (Å²) >= 11 is 0. The van der Waals surface area contributed by atoms with Crippen molar-refractivity contribution < 1.29 is 37.5 Å². The van der Waals surface area contributed by atoms with Gasteiger partial charge in [0.05, 0.1) is 31.5 Å². The molecule has 7 unspecified atom stereocenters. The molecule has 0 spiro atoms. The number of nitrogens with two attached hydrogens (primary N) is 1. The minimum Gasteiger partial charge on any atom is -0.380 e. The fourth-order valence-corrected chi connectivity index (χ4v) is 4.41. The summed E-state index contributed by atoms with van der Waals surface area (Å²) in [5.41, 5.74) is 4.74. The van der Waals surface area contributed by atoms with Crippen LogP contribution in [0.2, 0.25) is 0 Å². The van der Waals surface area contributed by atoms with Crippen molar-refractivity contribution in [1.82, 2.24) is 0 Å². The summed E-state index contributed by atoms with van der Waals surface area (Å²) in [4.78, 5) is 10.3. The van der Waals surface area contributed by atoms with Crippen molar-refractivity contribution in [3.05, 3.63) is 0 Å². The Hall–Kier alpha value is 0.0399. The summed E-state index contributed by atoms with van der Waals surface area (Å²) < 4.78 is 45.8. The lowest BCUT2D eigenvalue weighted by Gasteiger charge is -2.34. The molecule has 164 valence electrons. The fourth-order valence-electron chi connectivity index (χ4n) is 3.41. The quantitative estimate of drug-likeness (QED) is 0.358. The van der Waals surface area contributed by atoms with Gasteiger partial charge in [-0.15, -0.1) is 0 Å². The molecule has 7 atom stereocenters. The summed E-state index contributed by atoms with van der Waals surface area (Å²) in [6.07, 6.45) is -1.27. The van der Waals surface area contributed by atoms with Gasteiger partial charge in [0.2, 0.25) is 0 Å².